The van der Waals surface area contributed by atoms with E-state index in [0.717, 1.165) is 26.3 Å². The van der Waals surface area contributed by atoms with Crippen LogP contribution in [0.5, 0.6) is 0 Å². The molecule has 0 radical (unpaired) electrons. The first-order chi connectivity index (χ1) is 7.49. The summed E-state index contributed by atoms with van der Waals surface area (Å²) >= 11 is 23.7. The predicted octanol–water partition coefficient (Wildman–Crippen LogP) is 7.19. The Morgan fingerprint density at radius 3 is 2.12 bits per heavy atom. The molecule has 16 heavy (non-hydrogen) atoms. The SMILES string of the molecule is ClC(c1cc(Br)c(Br)s1)c1cc(Br)sc1Br. The molecule has 1 atom stereocenters. The highest BCUT2D eigenvalue weighted by molar-refractivity contribution is 9.13. The molecule has 2 aromatic heterocycles. The van der Waals surface area contributed by atoms with Gasteiger partial charge in [-0.1, -0.05) is 0 Å². The van der Waals surface area contributed by atoms with Gasteiger partial charge in [0.2, 0.25) is 0 Å². The standard InChI is InChI=1S/C9H3Br4ClS2/c10-4-2-5(15-9(4)13)7(14)3-1-6(11)16-8(3)12/h1-2,7H. The monoisotopic (exact) mass is 526 g/mol. The molecule has 0 saturated carbocycles. The summed E-state index contributed by atoms with van der Waals surface area (Å²) < 4.78 is 4.26. The molecule has 1 unspecified atom stereocenters. The molecule has 2 heterocycles. The van der Waals surface area contributed by atoms with Gasteiger partial charge in [0.25, 0.3) is 0 Å². The molecule has 0 aliphatic carbocycles. The number of halogens is 5. The zero-order chi connectivity index (χ0) is 11.9. The first-order valence-corrected chi connectivity index (χ1v) is 9.26. The van der Waals surface area contributed by atoms with Gasteiger partial charge in [0.05, 0.1) is 16.7 Å². The fraction of sp³-hybridized carbons (Fsp3) is 0.111. The van der Waals surface area contributed by atoms with E-state index < -0.39 is 0 Å². The first kappa shape index (κ1) is 14.0. The van der Waals surface area contributed by atoms with Crippen LogP contribution in [0, 0.1) is 0 Å². The van der Waals surface area contributed by atoms with Gasteiger partial charge in [-0.15, -0.1) is 34.3 Å². The van der Waals surface area contributed by atoms with Crippen molar-refractivity contribution in [2.45, 2.75) is 5.38 Å². The Bertz CT molecular complexity index is 500. The number of rotatable bonds is 2. The van der Waals surface area contributed by atoms with E-state index in [1.54, 1.807) is 22.7 Å². The average molecular weight is 530 g/mol. The second-order valence-electron chi connectivity index (χ2n) is 2.91. The average Bonchev–Trinajstić information content (AvgIpc) is 2.70. The lowest BCUT2D eigenvalue weighted by Crippen LogP contribution is -1.87. The highest BCUT2D eigenvalue weighted by Gasteiger charge is 2.19. The molecule has 0 aliphatic rings. The Morgan fingerprint density at radius 2 is 1.69 bits per heavy atom. The number of hydrogen-bond donors (Lipinski definition) is 0. The van der Waals surface area contributed by atoms with E-state index in [1.807, 2.05) is 12.1 Å². The number of hydrogen-bond acceptors (Lipinski definition) is 2. The van der Waals surface area contributed by atoms with Gasteiger partial charge in [-0.3, -0.25) is 0 Å². The molecule has 0 amide bonds. The number of alkyl halides is 1. The van der Waals surface area contributed by atoms with Crippen LogP contribution in [-0.4, -0.2) is 0 Å². The Hall–Kier alpha value is 1.61. The molecule has 0 fully saturated rings. The summed E-state index contributed by atoms with van der Waals surface area (Å²) in [5.74, 6) is 0. The van der Waals surface area contributed by atoms with Gasteiger partial charge < -0.3 is 0 Å². The van der Waals surface area contributed by atoms with E-state index in [2.05, 4.69) is 63.7 Å². The maximum Gasteiger partial charge on any atom is 0.0948 e. The minimum absolute atomic E-state index is 0.121. The maximum atomic E-state index is 6.46. The zero-order valence-electron chi connectivity index (χ0n) is 7.44. The summed E-state index contributed by atoms with van der Waals surface area (Å²) in [5, 5.41) is -0.121. The molecule has 2 rings (SSSR count). The van der Waals surface area contributed by atoms with E-state index in [1.165, 1.54) is 0 Å². The van der Waals surface area contributed by atoms with Crippen molar-refractivity contribution in [3.63, 3.8) is 0 Å². The minimum Gasteiger partial charge on any atom is -0.130 e. The van der Waals surface area contributed by atoms with Crippen LogP contribution in [0.4, 0.5) is 0 Å². The minimum atomic E-state index is -0.121. The van der Waals surface area contributed by atoms with Crippen LogP contribution in [0.25, 0.3) is 0 Å². The van der Waals surface area contributed by atoms with Crippen molar-refractivity contribution < 1.29 is 0 Å². The van der Waals surface area contributed by atoms with Crippen molar-refractivity contribution in [1.29, 1.82) is 0 Å². The van der Waals surface area contributed by atoms with Crippen LogP contribution in [-0.2, 0) is 0 Å². The van der Waals surface area contributed by atoms with E-state index in [0.29, 0.717) is 0 Å². The highest BCUT2D eigenvalue weighted by atomic mass is 79.9. The Morgan fingerprint density at radius 1 is 1.00 bits per heavy atom. The van der Waals surface area contributed by atoms with Gasteiger partial charge in [-0.2, -0.15) is 0 Å². The Balaban J connectivity index is 2.38. The third kappa shape index (κ3) is 2.95. The highest BCUT2D eigenvalue weighted by Crippen LogP contribution is 2.45. The molecule has 86 valence electrons. The lowest BCUT2D eigenvalue weighted by atomic mass is 10.2. The predicted molar refractivity (Wildman–Crippen MR) is 87.1 cm³/mol. The van der Waals surface area contributed by atoms with Gasteiger partial charge in [0.1, 0.15) is 0 Å². The van der Waals surface area contributed by atoms with Gasteiger partial charge in [-0.25, -0.2) is 0 Å². The van der Waals surface area contributed by atoms with Crippen molar-refractivity contribution in [2.75, 3.05) is 0 Å². The normalized spacial score (nSPS) is 13.1. The fourth-order valence-electron chi connectivity index (χ4n) is 1.17. The van der Waals surface area contributed by atoms with Crippen LogP contribution < -0.4 is 0 Å². The molecular weight excluding hydrogens is 527 g/mol. The second kappa shape index (κ2) is 5.72. The van der Waals surface area contributed by atoms with Gasteiger partial charge in [-0.05, 0) is 75.9 Å². The molecule has 0 aliphatic heterocycles. The van der Waals surface area contributed by atoms with Gasteiger partial charge >= 0.3 is 0 Å². The smallest absolute Gasteiger partial charge is 0.0948 e. The maximum absolute atomic E-state index is 6.46. The first-order valence-electron chi connectivity index (χ1n) is 4.02. The topological polar surface area (TPSA) is 0 Å². The molecular formula is C9H3Br4ClS2. The Labute approximate surface area is 140 Å². The molecule has 7 heteroatoms. The fourth-order valence-corrected chi connectivity index (χ4v) is 6.72. The zero-order valence-corrected chi connectivity index (χ0v) is 16.2. The van der Waals surface area contributed by atoms with Crippen molar-refractivity contribution >= 4 is 98.0 Å². The van der Waals surface area contributed by atoms with Crippen LogP contribution in [0.2, 0.25) is 0 Å². The summed E-state index contributed by atoms with van der Waals surface area (Å²) in [6, 6.07) is 4.10. The van der Waals surface area contributed by atoms with E-state index in [9.17, 15) is 0 Å². The van der Waals surface area contributed by atoms with E-state index in [4.69, 9.17) is 11.6 Å². The van der Waals surface area contributed by atoms with Crippen LogP contribution in [0.15, 0.2) is 28.0 Å². The molecule has 0 nitrogen and oxygen atoms in total. The molecule has 0 aromatic carbocycles. The van der Waals surface area contributed by atoms with Gasteiger partial charge in [0, 0.05) is 14.9 Å². The lowest BCUT2D eigenvalue weighted by molar-refractivity contribution is 1.19. The molecule has 0 saturated heterocycles. The summed E-state index contributed by atoms with van der Waals surface area (Å²) in [4.78, 5) is 1.12. The van der Waals surface area contributed by atoms with Crippen molar-refractivity contribution in [3.8, 4) is 0 Å². The summed E-state index contributed by atoms with van der Waals surface area (Å²) in [6.45, 7) is 0. The summed E-state index contributed by atoms with van der Waals surface area (Å²) in [5.41, 5.74) is 1.10. The van der Waals surface area contributed by atoms with Crippen molar-refractivity contribution in [2.24, 2.45) is 0 Å². The van der Waals surface area contributed by atoms with E-state index in [-0.39, 0.29) is 5.38 Å². The van der Waals surface area contributed by atoms with Crippen molar-refractivity contribution in [3.05, 3.63) is 38.4 Å². The largest absolute Gasteiger partial charge is 0.130 e. The van der Waals surface area contributed by atoms with Gasteiger partial charge in [0.15, 0.2) is 0 Å². The molecule has 2 aromatic rings. The third-order valence-electron chi connectivity index (χ3n) is 1.87. The number of thiophene rings is 2. The Kier molecular flexibility index (Phi) is 5.01. The lowest BCUT2D eigenvalue weighted by Gasteiger charge is -2.04. The quantitative estimate of drug-likeness (QED) is 0.361. The third-order valence-corrected chi connectivity index (χ3v) is 8.18. The molecule has 0 spiro atoms. The van der Waals surface area contributed by atoms with Crippen LogP contribution >= 0.6 is 98.0 Å². The van der Waals surface area contributed by atoms with E-state index >= 15 is 0 Å². The van der Waals surface area contributed by atoms with Crippen LogP contribution in [0.3, 0.4) is 0 Å². The second-order valence-corrected chi connectivity index (χ2v) is 10.4. The molecule has 0 bridgehead atoms. The summed E-state index contributed by atoms with van der Waals surface area (Å²) in [7, 11) is 0. The van der Waals surface area contributed by atoms with Crippen LogP contribution in [0.1, 0.15) is 15.8 Å². The molecule has 0 N–H and O–H groups in total. The summed E-state index contributed by atoms with van der Waals surface area (Å²) in [6.07, 6.45) is 0. The van der Waals surface area contributed by atoms with Crippen molar-refractivity contribution in [1.82, 2.24) is 0 Å².